The summed E-state index contributed by atoms with van der Waals surface area (Å²) in [7, 11) is 0. The van der Waals surface area contributed by atoms with E-state index in [0.717, 1.165) is 21.3 Å². The summed E-state index contributed by atoms with van der Waals surface area (Å²) in [6, 6.07) is 15.2. The molecule has 1 aromatic heterocycles. The largest absolute Gasteiger partial charge is 0.508 e. The van der Waals surface area contributed by atoms with Crippen molar-refractivity contribution in [2.75, 3.05) is 5.32 Å². The van der Waals surface area contributed by atoms with Crippen molar-refractivity contribution < 1.29 is 5.11 Å². The summed E-state index contributed by atoms with van der Waals surface area (Å²) in [5.74, 6) is 0.876. The number of hydrogen-bond donors (Lipinski definition) is 2. The van der Waals surface area contributed by atoms with Gasteiger partial charge in [0.2, 0.25) is 5.95 Å². The number of halogens is 1. The number of hydrogen-bond acceptors (Lipinski definition) is 4. The van der Waals surface area contributed by atoms with Gasteiger partial charge in [0.15, 0.2) is 0 Å². The predicted molar refractivity (Wildman–Crippen MR) is 92.0 cm³/mol. The van der Waals surface area contributed by atoms with Crippen LogP contribution in [0.3, 0.4) is 0 Å². The zero-order valence-electron chi connectivity index (χ0n) is 12.0. The second-order valence-corrected chi connectivity index (χ2v) is 6.16. The van der Waals surface area contributed by atoms with Gasteiger partial charge in [-0.05, 0) is 29.8 Å². The summed E-state index contributed by atoms with van der Waals surface area (Å²) in [5, 5.41) is 17.8. The molecule has 6 heteroatoms. The van der Waals surface area contributed by atoms with Crippen molar-refractivity contribution >= 4 is 27.6 Å². The molecule has 0 aliphatic carbocycles. The molecular formula is C17H13BrN4O. The van der Waals surface area contributed by atoms with Gasteiger partial charge in [-0.15, -0.1) is 0 Å². The third-order valence-corrected chi connectivity index (χ3v) is 4.29. The van der Waals surface area contributed by atoms with E-state index in [1.54, 1.807) is 10.7 Å². The van der Waals surface area contributed by atoms with Crippen LogP contribution in [0.5, 0.6) is 5.75 Å². The van der Waals surface area contributed by atoms with E-state index in [2.05, 4.69) is 31.3 Å². The van der Waals surface area contributed by atoms with Crippen molar-refractivity contribution in [3.05, 3.63) is 76.5 Å². The van der Waals surface area contributed by atoms with Gasteiger partial charge in [0.05, 0.1) is 0 Å². The molecule has 4 rings (SSSR count). The lowest BCUT2D eigenvalue weighted by Crippen LogP contribution is -2.20. The summed E-state index contributed by atoms with van der Waals surface area (Å²) < 4.78 is 2.66. The Bertz CT molecular complexity index is 889. The Hall–Kier alpha value is -2.60. The summed E-state index contributed by atoms with van der Waals surface area (Å²) >= 11 is 3.46. The Labute approximate surface area is 141 Å². The van der Waals surface area contributed by atoms with Crippen molar-refractivity contribution in [2.45, 2.75) is 6.04 Å². The van der Waals surface area contributed by atoms with Gasteiger partial charge in [-0.25, -0.2) is 4.68 Å². The average molecular weight is 369 g/mol. The SMILES string of the molecule is Oc1ccc(Br)cc1[C@@H]1C=C(c2ccccc2)Nc2ncnn21. The molecule has 0 saturated heterocycles. The van der Waals surface area contributed by atoms with E-state index in [9.17, 15) is 5.11 Å². The molecule has 2 N–H and O–H groups in total. The lowest BCUT2D eigenvalue weighted by molar-refractivity contribution is 0.457. The standard InChI is InChI=1S/C17H13BrN4O/c18-12-6-7-16(23)13(8-12)15-9-14(11-4-2-1-3-5-11)21-17-19-10-20-22(15)17/h1-10,15,23H,(H,19,20,21)/t15-/m0/s1. The Morgan fingerprint density at radius 1 is 1.13 bits per heavy atom. The lowest BCUT2D eigenvalue weighted by Gasteiger charge is -2.25. The molecule has 1 aliphatic heterocycles. The Morgan fingerprint density at radius 2 is 1.96 bits per heavy atom. The van der Waals surface area contributed by atoms with Crippen LogP contribution in [0.2, 0.25) is 0 Å². The monoisotopic (exact) mass is 368 g/mol. The number of aromatic hydroxyl groups is 1. The Morgan fingerprint density at radius 3 is 2.78 bits per heavy atom. The topological polar surface area (TPSA) is 63.0 Å². The maximum atomic E-state index is 10.3. The van der Waals surface area contributed by atoms with Crippen LogP contribution in [-0.2, 0) is 0 Å². The zero-order valence-corrected chi connectivity index (χ0v) is 13.6. The van der Waals surface area contributed by atoms with Crippen molar-refractivity contribution in [2.24, 2.45) is 0 Å². The van der Waals surface area contributed by atoms with Crippen molar-refractivity contribution in [1.29, 1.82) is 0 Å². The number of aromatic nitrogens is 3. The number of anilines is 1. The minimum atomic E-state index is -0.235. The van der Waals surface area contributed by atoms with Gasteiger partial charge in [-0.2, -0.15) is 10.1 Å². The van der Waals surface area contributed by atoms with E-state index in [0.29, 0.717) is 5.95 Å². The van der Waals surface area contributed by atoms with E-state index in [1.807, 2.05) is 48.5 Å². The van der Waals surface area contributed by atoms with Crippen LogP contribution >= 0.6 is 15.9 Å². The van der Waals surface area contributed by atoms with Gasteiger partial charge in [-0.1, -0.05) is 46.3 Å². The fourth-order valence-corrected chi connectivity index (χ4v) is 3.08. The zero-order chi connectivity index (χ0) is 15.8. The van der Waals surface area contributed by atoms with Crippen LogP contribution in [0.15, 0.2) is 65.4 Å². The maximum absolute atomic E-state index is 10.3. The highest BCUT2D eigenvalue weighted by molar-refractivity contribution is 9.10. The first-order valence-electron chi connectivity index (χ1n) is 7.14. The van der Waals surface area contributed by atoms with Crippen molar-refractivity contribution in [3.8, 4) is 5.75 Å². The molecule has 0 amide bonds. The van der Waals surface area contributed by atoms with E-state index in [-0.39, 0.29) is 11.8 Å². The second-order valence-electron chi connectivity index (χ2n) is 5.25. The molecule has 0 bridgehead atoms. The number of nitrogens with zero attached hydrogens (tertiary/aromatic N) is 3. The van der Waals surface area contributed by atoms with E-state index in [1.165, 1.54) is 6.33 Å². The number of phenolic OH excluding ortho intramolecular Hbond substituents is 1. The fraction of sp³-hybridized carbons (Fsp3) is 0.0588. The Balaban J connectivity index is 1.87. The smallest absolute Gasteiger partial charge is 0.226 e. The first-order chi connectivity index (χ1) is 11.2. The van der Waals surface area contributed by atoms with E-state index >= 15 is 0 Å². The predicted octanol–water partition coefficient (Wildman–Crippen LogP) is 3.80. The molecule has 114 valence electrons. The summed E-state index contributed by atoms with van der Waals surface area (Å²) in [5.41, 5.74) is 2.76. The molecule has 3 aromatic rings. The molecule has 2 heterocycles. The van der Waals surface area contributed by atoms with Gasteiger partial charge in [0.1, 0.15) is 18.1 Å². The summed E-state index contributed by atoms with van der Waals surface area (Å²) in [4.78, 5) is 4.27. The first kappa shape index (κ1) is 14.0. The highest BCUT2D eigenvalue weighted by Crippen LogP contribution is 2.36. The van der Waals surface area contributed by atoms with Crippen LogP contribution in [0.4, 0.5) is 5.95 Å². The minimum absolute atomic E-state index is 0.227. The van der Waals surface area contributed by atoms with Gasteiger partial charge in [-0.3, -0.25) is 0 Å². The minimum Gasteiger partial charge on any atom is -0.508 e. The molecule has 1 aliphatic rings. The second kappa shape index (κ2) is 5.55. The van der Waals surface area contributed by atoms with Crippen LogP contribution < -0.4 is 5.32 Å². The number of allylic oxidation sites excluding steroid dienone is 1. The maximum Gasteiger partial charge on any atom is 0.226 e. The molecule has 5 nitrogen and oxygen atoms in total. The number of benzene rings is 2. The van der Waals surface area contributed by atoms with Gasteiger partial charge < -0.3 is 10.4 Å². The fourth-order valence-electron chi connectivity index (χ4n) is 2.70. The third-order valence-electron chi connectivity index (χ3n) is 3.80. The molecule has 0 unspecified atom stereocenters. The summed E-state index contributed by atoms with van der Waals surface area (Å²) in [6.45, 7) is 0. The number of nitrogens with one attached hydrogen (secondary N) is 1. The lowest BCUT2D eigenvalue weighted by atomic mass is 10.0. The van der Waals surface area contributed by atoms with Gasteiger partial charge in [0, 0.05) is 15.7 Å². The average Bonchev–Trinajstić information content (AvgIpc) is 3.05. The molecule has 0 saturated carbocycles. The molecule has 23 heavy (non-hydrogen) atoms. The molecule has 0 fully saturated rings. The van der Waals surface area contributed by atoms with Gasteiger partial charge >= 0.3 is 0 Å². The highest BCUT2D eigenvalue weighted by atomic mass is 79.9. The number of fused-ring (bicyclic) bond motifs is 1. The van der Waals surface area contributed by atoms with E-state index < -0.39 is 0 Å². The first-order valence-corrected chi connectivity index (χ1v) is 7.94. The highest BCUT2D eigenvalue weighted by Gasteiger charge is 2.25. The van der Waals surface area contributed by atoms with E-state index in [4.69, 9.17) is 0 Å². The molecular weight excluding hydrogens is 356 g/mol. The normalized spacial score (nSPS) is 16.4. The third kappa shape index (κ3) is 2.51. The van der Waals surface area contributed by atoms with Crippen LogP contribution in [0.1, 0.15) is 17.2 Å². The number of rotatable bonds is 2. The molecule has 0 radical (unpaired) electrons. The number of phenols is 1. The molecule has 2 aromatic carbocycles. The summed E-state index contributed by atoms with van der Waals surface area (Å²) in [6.07, 6.45) is 3.55. The molecule has 1 atom stereocenters. The Kier molecular flexibility index (Phi) is 3.38. The van der Waals surface area contributed by atoms with Crippen LogP contribution in [0, 0.1) is 0 Å². The molecule has 0 spiro atoms. The van der Waals surface area contributed by atoms with Crippen molar-refractivity contribution in [1.82, 2.24) is 14.8 Å². The van der Waals surface area contributed by atoms with Gasteiger partial charge in [0.25, 0.3) is 0 Å². The van der Waals surface area contributed by atoms with Crippen molar-refractivity contribution in [3.63, 3.8) is 0 Å². The van der Waals surface area contributed by atoms with Crippen LogP contribution in [-0.4, -0.2) is 19.9 Å². The van der Waals surface area contributed by atoms with Crippen LogP contribution in [0.25, 0.3) is 5.70 Å². The quantitative estimate of drug-likeness (QED) is 0.721.